The summed E-state index contributed by atoms with van der Waals surface area (Å²) in [7, 11) is 0. The van der Waals surface area contributed by atoms with Crippen molar-refractivity contribution in [2.45, 2.75) is 44.1 Å². The molecule has 0 radical (unpaired) electrons. The van der Waals surface area contributed by atoms with Crippen LogP contribution in [-0.2, 0) is 16.1 Å². The number of para-hydroxylation sites is 1. The fourth-order valence-corrected chi connectivity index (χ4v) is 7.03. The Hall–Kier alpha value is -6.09. The number of ether oxygens (including phenoxy) is 1. The van der Waals surface area contributed by atoms with E-state index >= 15 is 8.78 Å². The minimum Gasteiger partial charge on any atom is -0.457 e. The lowest BCUT2D eigenvalue weighted by Gasteiger charge is -2.35. The van der Waals surface area contributed by atoms with Crippen LogP contribution in [-0.4, -0.2) is 78.5 Å². The number of nitrogen functional groups attached to an aromatic ring is 1. The van der Waals surface area contributed by atoms with Crippen molar-refractivity contribution >= 4 is 40.5 Å². The molecule has 3 aliphatic heterocycles. The minimum absolute atomic E-state index is 0.0240. The van der Waals surface area contributed by atoms with E-state index in [0.717, 1.165) is 0 Å². The monoisotopic (exact) mass is 692 g/mol. The summed E-state index contributed by atoms with van der Waals surface area (Å²) in [6.07, 6.45) is 0.0857. The van der Waals surface area contributed by atoms with Crippen LogP contribution in [0.3, 0.4) is 0 Å². The van der Waals surface area contributed by atoms with E-state index in [1.807, 2.05) is 42.5 Å². The van der Waals surface area contributed by atoms with Crippen molar-refractivity contribution < 1.29 is 32.7 Å². The highest BCUT2D eigenvalue weighted by atomic mass is 19.1. The highest BCUT2D eigenvalue weighted by Crippen LogP contribution is 2.37. The topological polar surface area (TPSA) is 166 Å². The number of halogens is 2. The van der Waals surface area contributed by atoms with Crippen LogP contribution in [0.4, 0.5) is 14.6 Å². The molecule has 1 unspecified atom stereocenters. The molecule has 3 aromatic carbocycles. The average Bonchev–Trinajstić information content (AvgIpc) is 3.62. The number of anilines is 1. The summed E-state index contributed by atoms with van der Waals surface area (Å²) in [5.74, 6) is -2.40. The van der Waals surface area contributed by atoms with Crippen molar-refractivity contribution in [1.82, 2.24) is 34.9 Å². The molecule has 0 aliphatic carbocycles. The second kappa shape index (κ2) is 12.7. The fourth-order valence-electron chi connectivity index (χ4n) is 7.03. The van der Waals surface area contributed by atoms with Crippen molar-refractivity contribution in [3.8, 4) is 22.8 Å². The number of benzene rings is 3. The molecule has 2 saturated heterocycles. The van der Waals surface area contributed by atoms with E-state index in [0.29, 0.717) is 51.7 Å². The molecular weight excluding hydrogens is 662 g/mol. The van der Waals surface area contributed by atoms with E-state index in [9.17, 15) is 19.2 Å². The normalized spacial score (nSPS) is 20.9. The molecule has 2 aromatic heterocycles. The summed E-state index contributed by atoms with van der Waals surface area (Å²) >= 11 is 0. The quantitative estimate of drug-likeness (QED) is 0.236. The molecule has 15 heteroatoms. The number of alkyl halides is 1. The second-order valence-electron chi connectivity index (χ2n) is 12.7. The van der Waals surface area contributed by atoms with Gasteiger partial charge in [-0.05, 0) is 55.3 Å². The Morgan fingerprint density at radius 1 is 0.922 bits per heavy atom. The molecule has 0 spiro atoms. The van der Waals surface area contributed by atoms with Gasteiger partial charge < -0.3 is 10.5 Å². The van der Waals surface area contributed by atoms with E-state index < -0.39 is 53.3 Å². The molecular formula is C36H30F2N8O5. The molecule has 3 N–H and O–H groups in total. The first-order chi connectivity index (χ1) is 24.7. The van der Waals surface area contributed by atoms with E-state index in [-0.39, 0.29) is 42.9 Å². The standard InChI is InChI=1S/C36H30F2N8O5/c37-24-17-44(16-20-8-11-23-28(30(20)38)36(50)45(35(23)49)26-12-13-27(47)42-34(26)48)15-14-25(24)46-33-29(32(39)40-18-41-33)31(43-46)19-6-9-22(10-7-19)51-21-4-2-1-3-5-21/h1-11,18,24-26H,12-17H2,(H2,39,40,41)(H,42,47,48)/t24-,25-,26?/m0/s1. The van der Waals surface area contributed by atoms with E-state index in [4.69, 9.17) is 15.6 Å². The molecule has 0 bridgehead atoms. The maximum atomic E-state index is 16.1. The van der Waals surface area contributed by atoms with E-state index in [1.54, 1.807) is 21.7 Å². The number of hydrogen-bond acceptors (Lipinski definition) is 10. The van der Waals surface area contributed by atoms with Crippen LogP contribution in [0.5, 0.6) is 11.5 Å². The van der Waals surface area contributed by atoms with Crippen LogP contribution in [0.15, 0.2) is 73.1 Å². The van der Waals surface area contributed by atoms with Gasteiger partial charge in [0.15, 0.2) is 5.65 Å². The molecule has 51 heavy (non-hydrogen) atoms. The van der Waals surface area contributed by atoms with E-state index in [2.05, 4.69) is 15.3 Å². The first kappa shape index (κ1) is 32.1. The van der Waals surface area contributed by atoms with Gasteiger partial charge in [0.1, 0.15) is 47.4 Å². The van der Waals surface area contributed by atoms with Crippen LogP contribution in [0.1, 0.15) is 51.6 Å². The zero-order valence-corrected chi connectivity index (χ0v) is 27.0. The third-order valence-corrected chi connectivity index (χ3v) is 9.55. The number of carbonyl (C=O) groups is 4. The zero-order valence-electron chi connectivity index (χ0n) is 27.0. The van der Waals surface area contributed by atoms with Crippen molar-refractivity contribution in [2.75, 3.05) is 18.8 Å². The van der Waals surface area contributed by atoms with Gasteiger partial charge in [-0.15, -0.1) is 0 Å². The minimum atomic E-state index is -1.43. The number of amides is 4. The number of likely N-dealkylation sites (tertiary alicyclic amines) is 1. The van der Waals surface area contributed by atoms with Crippen LogP contribution in [0, 0.1) is 5.82 Å². The van der Waals surface area contributed by atoms with Crippen LogP contribution >= 0.6 is 0 Å². The molecule has 5 heterocycles. The number of piperidine rings is 2. The first-order valence-corrected chi connectivity index (χ1v) is 16.4. The molecule has 4 amide bonds. The lowest BCUT2D eigenvalue weighted by Crippen LogP contribution is -2.54. The largest absolute Gasteiger partial charge is 0.457 e. The molecule has 13 nitrogen and oxygen atoms in total. The molecule has 0 saturated carbocycles. The fraction of sp³-hybridized carbons (Fsp3) is 0.250. The second-order valence-corrected chi connectivity index (χ2v) is 12.7. The Kier molecular flexibility index (Phi) is 7.98. The number of aromatic nitrogens is 4. The van der Waals surface area contributed by atoms with Gasteiger partial charge in [0.25, 0.3) is 11.8 Å². The average molecular weight is 693 g/mol. The molecule has 2 fully saturated rings. The molecule has 5 aromatic rings. The Labute approximate surface area is 289 Å². The van der Waals surface area contributed by atoms with Crippen molar-refractivity contribution in [3.63, 3.8) is 0 Å². The van der Waals surface area contributed by atoms with Crippen molar-refractivity contribution in [1.29, 1.82) is 0 Å². The van der Waals surface area contributed by atoms with Crippen molar-refractivity contribution in [2.24, 2.45) is 0 Å². The third kappa shape index (κ3) is 5.64. The van der Waals surface area contributed by atoms with Gasteiger partial charge in [-0.3, -0.25) is 34.3 Å². The number of carbonyl (C=O) groups excluding carboxylic acids is 4. The third-order valence-electron chi connectivity index (χ3n) is 9.55. The summed E-state index contributed by atoms with van der Waals surface area (Å²) in [6.45, 7) is 0.267. The Bertz CT molecular complexity index is 2230. The number of hydrogen-bond donors (Lipinski definition) is 2. The Balaban J connectivity index is 1.00. The SMILES string of the molecule is Nc1ncnc2c1c(-c1ccc(Oc3ccccc3)cc1)nn2[C@H]1CCN(Cc2ccc3c(c2F)C(=O)N(C2CCC(=O)NC2=O)C3=O)C[C@@H]1F. The Morgan fingerprint density at radius 2 is 1.69 bits per heavy atom. The predicted octanol–water partition coefficient (Wildman–Crippen LogP) is 4.19. The number of nitrogens with two attached hydrogens (primary N) is 1. The summed E-state index contributed by atoms with van der Waals surface area (Å²) in [6, 6.07) is 17.5. The lowest BCUT2D eigenvalue weighted by atomic mass is 10.0. The first-order valence-electron chi connectivity index (χ1n) is 16.4. The Morgan fingerprint density at radius 3 is 2.43 bits per heavy atom. The van der Waals surface area contributed by atoms with Gasteiger partial charge in [0.2, 0.25) is 11.8 Å². The van der Waals surface area contributed by atoms with Gasteiger partial charge in [-0.2, -0.15) is 5.10 Å². The number of nitrogens with one attached hydrogen (secondary N) is 1. The maximum Gasteiger partial charge on any atom is 0.265 e. The van der Waals surface area contributed by atoms with Gasteiger partial charge in [-0.25, -0.2) is 23.4 Å². The molecule has 3 aliphatic rings. The van der Waals surface area contributed by atoms with Crippen LogP contribution in [0.2, 0.25) is 0 Å². The summed E-state index contributed by atoms with van der Waals surface area (Å²) < 4.78 is 39.4. The highest BCUT2D eigenvalue weighted by molar-refractivity contribution is 6.23. The van der Waals surface area contributed by atoms with Gasteiger partial charge in [0.05, 0.1) is 22.6 Å². The highest BCUT2D eigenvalue weighted by Gasteiger charge is 2.46. The lowest BCUT2D eigenvalue weighted by molar-refractivity contribution is -0.136. The van der Waals surface area contributed by atoms with Gasteiger partial charge in [0, 0.05) is 37.2 Å². The van der Waals surface area contributed by atoms with Crippen LogP contribution < -0.4 is 15.8 Å². The van der Waals surface area contributed by atoms with Gasteiger partial charge in [-0.1, -0.05) is 24.3 Å². The summed E-state index contributed by atoms with van der Waals surface area (Å²) in [4.78, 5) is 61.3. The number of fused-ring (bicyclic) bond motifs is 2. The van der Waals surface area contributed by atoms with Crippen molar-refractivity contribution in [3.05, 3.63) is 95.6 Å². The van der Waals surface area contributed by atoms with Crippen LogP contribution in [0.25, 0.3) is 22.3 Å². The van der Waals surface area contributed by atoms with E-state index in [1.165, 1.54) is 18.5 Å². The number of nitrogens with zero attached hydrogens (tertiary/aromatic N) is 6. The summed E-state index contributed by atoms with van der Waals surface area (Å²) in [5.41, 5.74) is 7.41. The molecule has 3 atom stereocenters. The molecule has 258 valence electrons. The zero-order chi connectivity index (χ0) is 35.4. The van der Waals surface area contributed by atoms with Gasteiger partial charge >= 0.3 is 0 Å². The molecule has 8 rings (SSSR count). The summed E-state index contributed by atoms with van der Waals surface area (Å²) in [5, 5.41) is 7.41. The maximum absolute atomic E-state index is 16.1. The number of imide groups is 2. The predicted molar refractivity (Wildman–Crippen MR) is 179 cm³/mol. The smallest absolute Gasteiger partial charge is 0.265 e. The number of rotatable bonds is 7.